The fourth-order valence-corrected chi connectivity index (χ4v) is 3.55. The van der Waals surface area contributed by atoms with Crippen molar-refractivity contribution in [3.8, 4) is 0 Å². The molecular weight excluding hydrogens is 240 g/mol. The van der Waals surface area contributed by atoms with E-state index in [2.05, 4.69) is 22.2 Å². The van der Waals surface area contributed by atoms with E-state index in [-0.39, 0.29) is 11.4 Å². The zero-order valence-electron chi connectivity index (χ0n) is 11.5. The van der Waals surface area contributed by atoms with Crippen LogP contribution in [0.1, 0.15) is 32.6 Å². The van der Waals surface area contributed by atoms with E-state index in [1.54, 1.807) is 10.9 Å². The third-order valence-electron chi connectivity index (χ3n) is 4.57. The molecule has 5 nitrogen and oxygen atoms in total. The zero-order chi connectivity index (χ0) is 13.3. The van der Waals surface area contributed by atoms with E-state index in [1.165, 1.54) is 6.42 Å². The summed E-state index contributed by atoms with van der Waals surface area (Å²) < 4.78 is 1.71. The summed E-state index contributed by atoms with van der Waals surface area (Å²) in [5, 5.41) is 7.75. The summed E-state index contributed by atoms with van der Waals surface area (Å²) in [6.45, 7) is 4.60. The standard InChI is InChI=1S/C14H22N4O/c1-14-6-3-10-18(12(14)5-2-7-15-14)13(19)11-17-9-4-8-16-17/h4,8-9,12,15H,2-3,5-7,10-11H2,1H3/t12-,14+/m1/s1. The Bertz CT molecular complexity index is 440. The molecule has 0 aliphatic carbocycles. The highest BCUT2D eigenvalue weighted by Gasteiger charge is 2.43. The van der Waals surface area contributed by atoms with Crippen molar-refractivity contribution >= 4 is 5.91 Å². The first-order valence-corrected chi connectivity index (χ1v) is 7.21. The van der Waals surface area contributed by atoms with Gasteiger partial charge in [0.25, 0.3) is 0 Å². The molecule has 2 aliphatic heterocycles. The second-order valence-electron chi connectivity index (χ2n) is 5.90. The van der Waals surface area contributed by atoms with Crippen LogP contribution in [-0.4, -0.2) is 45.3 Å². The lowest BCUT2D eigenvalue weighted by atomic mass is 9.78. The van der Waals surface area contributed by atoms with Crippen LogP contribution in [0.5, 0.6) is 0 Å². The fraction of sp³-hybridized carbons (Fsp3) is 0.714. The molecule has 5 heteroatoms. The van der Waals surface area contributed by atoms with Gasteiger partial charge in [-0.05, 0) is 45.2 Å². The van der Waals surface area contributed by atoms with Gasteiger partial charge in [-0.25, -0.2) is 0 Å². The van der Waals surface area contributed by atoms with Crippen molar-refractivity contribution in [3.63, 3.8) is 0 Å². The number of nitrogens with zero attached hydrogens (tertiary/aromatic N) is 3. The van der Waals surface area contributed by atoms with Crippen molar-refractivity contribution in [2.45, 2.75) is 50.7 Å². The summed E-state index contributed by atoms with van der Waals surface area (Å²) in [7, 11) is 0. The normalized spacial score (nSPS) is 31.0. The molecule has 1 amide bonds. The molecule has 0 radical (unpaired) electrons. The molecule has 2 saturated heterocycles. The Balaban J connectivity index is 1.73. The van der Waals surface area contributed by atoms with E-state index < -0.39 is 0 Å². The zero-order valence-corrected chi connectivity index (χ0v) is 11.5. The molecule has 1 aromatic heterocycles. The maximum absolute atomic E-state index is 12.5. The average molecular weight is 262 g/mol. The van der Waals surface area contributed by atoms with Gasteiger partial charge in [-0.2, -0.15) is 5.10 Å². The van der Waals surface area contributed by atoms with Crippen molar-refractivity contribution < 1.29 is 4.79 Å². The number of carbonyl (C=O) groups is 1. The topological polar surface area (TPSA) is 50.2 Å². The van der Waals surface area contributed by atoms with E-state index in [0.717, 1.165) is 32.4 Å². The van der Waals surface area contributed by atoms with Crippen molar-refractivity contribution in [2.24, 2.45) is 0 Å². The Labute approximate surface area is 114 Å². The van der Waals surface area contributed by atoms with Crippen LogP contribution in [0.15, 0.2) is 18.5 Å². The largest absolute Gasteiger partial charge is 0.336 e. The maximum Gasteiger partial charge on any atom is 0.244 e. The first-order chi connectivity index (χ1) is 9.19. The number of hydrogen-bond acceptors (Lipinski definition) is 3. The quantitative estimate of drug-likeness (QED) is 0.865. The average Bonchev–Trinajstić information content (AvgIpc) is 2.90. The van der Waals surface area contributed by atoms with Gasteiger partial charge >= 0.3 is 0 Å². The van der Waals surface area contributed by atoms with Gasteiger partial charge in [-0.3, -0.25) is 9.48 Å². The third kappa shape index (κ3) is 2.39. The first kappa shape index (κ1) is 12.7. The molecule has 0 spiro atoms. The minimum atomic E-state index is 0.107. The van der Waals surface area contributed by atoms with Crippen molar-refractivity contribution in [1.82, 2.24) is 20.0 Å². The monoisotopic (exact) mass is 262 g/mol. The highest BCUT2D eigenvalue weighted by molar-refractivity contribution is 5.76. The number of amides is 1. The summed E-state index contributed by atoms with van der Waals surface area (Å²) in [5.74, 6) is 0.198. The first-order valence-electron chi connectivity index (χ1n) is 7.21. The molecule has 2 fully saturated rings. The lowest BCUT2D eigenvalue weighted by Crippen LogP contribution is -2.66. The predicted octanol–water partition coefficient (Wildman–Crippen LogP) is 1.02. The summed E-state index contributed by atoms with van der Waals surface area (Å²) in [4.78, 5) is 14.6. The SMILES string of the molecule is C[C@]12CCCN(C(=O)Cn3cccn3)[C@@H]1CCCN2. The van der Waals surface area contributed by atoms with Crippen LogP contribution in [0, 0.1) is 0 Å². The lowest BCUT2D eigenvalue weighted by molar-refractivity contribution is -0.139. The van der Waals surface area contributed by atoms with Crippen molar-refractivity contribution in [2.75, 3.05) is 13.1 Å². The molecule has 0 bridgehead atoms. The predicted molar refractivity (Wildman–Crippen MR) is 72.6 cm³/mol. The number of carbonyl (C=O) groups excluding carboxylic acids is 1. The Hall–Kier alpha value is -1.36. The molecular formula is C14H22N4O. The molecule has 3 heterocycles. The van der Waals surface area contributed by atoms with Crippen LogP contribution in [0.3, 0.4) is 0 Å². The van der Waals surface area contributed by atoms with Gasteiger partial charge in [0, 0.05) is 30.5 Å². The number of aromatic nitrogens is 2. The molecule has 0 unspecified atom stereocenters. The molecule has 104 valence electrons. The van der Waals surface area contributed by atoms with Gasteiger partial charge in [0.15, 0.2) is 0 Å². The van der Waals surface area contributed by atoms with Gasteiger partial charge < -0.3 is 10.2 Å². The molecule has 1 aromatic rings. The summed E-state index contributed by atoms with van der Waals surface area (Å²) in [5.41, 5.74) is 0.107. The van der Waals surface area contributed by atoms with E-state index in [0.29, 0.717) is 12.6 Å². The van der Waals surface area contributed by atoms with Crippen LogP contribution in [0.2, 0.25) is 0 Å². The van der Waals surface area contributed by atoms with E-state index in [4.69, 9.17) is 0 Å². The molecule has 0 aromatic carbocycles. The van der Waals surface area contributed by atoms with E-state index in [9.17, 15) is 4.79 Å². The molecule has 3 rings (SSSR count). The van der Waals surface area contributed by atoms with Crippen LogP contribution >= 0.6 is 0 Å². The van der Waals surface area contributed by atoms with Gasteiger partial charge in [-0.1, -0.05) is 0 Å². The number of rotatable bonds is 2. The molecule has 0 saturated carbocycles. The smallest absolute Gasteiger partial charge is 0.244 e. The van der Waals surface area contributed by atoms with Crippen molar-refractivity contribution in [1.29, 1.82) is 0 Å². The highest BCUT2D eigenvalue weighted by atomic mass is 16.2. The minimum Gasteiger partial charge on any atom is -0.336 e. The number of piperidine rings is 2. The summed E-state index contributed by atoms with van der Waals surface area (Å²) >= 11 is 0. The fourth-order valence-electron chi connectivity index (χ4n) is 3.55. The number of hydrogen-bond donors (Lipinski definition) is 1. The molecule has 2 atom stereocenters. The van der Waals surface area contributed by atoms with Crippen molar-refractivity contribution in [3.05, 3.63) is 18.5 Å². The van der Waals surface area contributed by atoms with Gasteiger partial charge in [0.05, 0.1) is 0 Å². The third-order valence-corrected chi connectivity index (χ3v) is 4.57. The number of fused-ring (bicyclic) bond motifs is 1. The molecule has 19 heavy (non-hydrogen) atoms. The molecule has 1 N–H and O–H groups in total. The Kier molecular flexibility index (Phi) is 3.31. The van der Waals surface area contributed by atoms with Gasteiger partial charge in [-0.15, -0.1) is 0 Å². The van der Waals surface area contributed by atoms with Gasteiger partial charge in [0.1, 0.15) is 6.54 Å². The van der Waals surface area contributed by atoms with Gasteiger partial charge in [0.2, 0.25) is 5.91 Å². The van der Waals surface area contributed by atoms with Crippen LogP contribution in [0.4, 0.5) is 0 Å². The second kappa shape index (κ2) is 4.96. The summed E-state index contributed by atoms with van der Waals surface area (Å²) in [6.07, 6.45) is 8.10. The van der Waals surface area contributed by atoms with E-state index >= 15 is 0 Å². The minimum absolute atomic E-state index is 0.107. The molecule has 2 aliphatic rings. The lowest BCUT2D eigenvalue weighted by Gasteiger charge is -2.51. The Morgan fingerprint density at radius 1 is 1.53 bits per heavy atom. The van der Waals surface area contributed by atoms with E-state index in [1.807, 2.05) is 12.3 Å². The summed E-state index contributed by atoms with van der Waals surface area (Å²) in [6, 6.07) is 2.20. The Morgan fingerprint density at radius 2 is 2.42 bits per heavy atom. The second-order valence-corrected chi connectivity index (χ2v) is 5.90. The van der Waals surface area contributed by atoms with Crippen LogP contribution in [-0.2, 0) is 11.3 Å². The maximum atomic E-state index is 12.5. The Morgan fingerprint density at radius 3 is 3.21 bits per heavy atom. The van der Waals surface area contributed by atoms with Crippen LogP contribution in [0.25, 0.3) is 0 Å². The number of likely N-dealkylation sites (tertiary alicyclic amines) is 1. The number of nitrogens with one attached hydrogen (secondary N) is 1. The highest BCUT2D eigenvalue weighted by Crippen LogP contribution is 2.33. The van der Waals surface area contributed by atoms with Crippen LogP contribution < -0.4 is 5.32 Å².